The van der Waals surface area contributed by atoms with Crippen LogP contribution in [-0.2, 0) is 0 Å². The molecule has 0 bridgehead atoms. The number of hydrogen-bond donors (Lipinski definition) is 1. The highest BCUT2D eigenvalue weighted by Gasteiger charge is 2.37. The molecule has 2 heterocycles. The summed E-state index contributed by atoms with van der Waals surface area (Å²) < 4.78 is 0. The lowest BCUT2D eigenvalue weighted by molar-refractivity contribution is 0.425. The molecule has 3 atom stereocenters. The summed E-state index contributed by atoms with van der Waals surface area (Å²) >= 11 is 0. The zero-order chi connectivity index (χ0) is 12.7. The minimum Gasteiger partial charge on any atom is -0.378 e. The van der Waals surface area contributed by atoms with Crippen LogP contribution >= 0.6 is 0 Å². The number of pyridine rings is 1. The zero-order valence-electron chi connectivity index (χ0n) is 10.7. The predicted molar refractivity (Wildman–Crippen MR) is 77.0 cm³/mol. The summed E-state index contributed by atoms with van der Waals surface area (Å²) in [5.74, 6) is 1.17. The van der Waals surface area contributed by atoms with Gasteiger partial charge in [-0.05, 0) is 41.7 Å². The fourth-order valence-electron chi connectivity index (χ4n) is 3.44. The highest BCUT2D eigenvalue weighted by Crippen LogP contribution is 2.49. The molecule has 1 N–H and O–H groups in total. The summed E-state index contributed by atoms with van der Waals surface area (Å²) in [6, 6.07) is 13.3. The van der Waals surface area contributed by atoms with Crippen LogP contribution in [0.2, 0.25) is 0 Å². The molecule has 0 saturated heterocycles. The van der Waals surface area contributed by atoms with Crippen LogP contribution in [0.25, 0.3) is 0 Å². The summed E-state index contributed by atoms with van der Waals surface area (Å²) in [5.41, 5.74) is 4.05. The molecule has 1 aliphatic carbocycles. The van der Waals surface area contributed by atoms with E-state index in [9.17, 15) is 0 Å². The number of hydrogen-bond acceptors (Lipinski definition) is 2. The van der Waals surface area contributed by atoms with Gasteiger partial charge in [-0.1, -0.05) is 30.4 Å². The van der Waals surface area contributed by atoms with Crippen molar-refractivity contribution >= 4 is 5.69 Å². The average Bonchev–Trinajstić information content (AvgIpc) is 2.97. The van der Waals surface area contributed by atoms with Crippen LogP contribution in [0.5, 0.6) is 0 Å². The number of allylic oxidation sites excluding steroid dienone is 2. The Labute approximate surface area is 113 Å². The normalized spacial score (nSPS) is 27.5. The lowest BCUT2D eigenvalue weighted by Gasteiger charge is -2.37. The first-order valence-electron chi connectivity index (χ1n) is 6.85. The van der Waals surface area contributed by atoms with Crippen molar-refractivity contribution < 1.29 is 0 Å². The first kappa shape index (κ1) is 10.8. The van der Waals surface area contributed by atoms with Crippen molar-refractivity contribution in [2.75, 3.05) is 5.32 Å². The van der Waals surface area contributed by atoms with Gasteiger partial charge in [0.2, 0.25) is 0 Å². The van der Waals surface area contributed by atoms with E-state index in [1.807, 2.05) is 12.4 Å². The second kappa shape index (κ2) is 4.23. The predicted octanol–water partition coefficient (Wildman–Crippen LogP) is 3.91. The number of nitrogens with zero attached hydrogens (tertiary/aromatic N) is 1. The van der Waals surface area contributed by atoms with Gasteiger partial charge < -0.3 is 5.32 Å². The fraction of sp³-hybridized carbons (Fsp3) is 0.235. The number of rotatable bonds is 1. The molecule has 2 heteroatoms. The van der Waals surface area contributed by atoms with Gasteiger partial charge in [-0.15, -0.1) is 0 Å². The molecule has 0 radical (unpaired) electrons. The van der Waals surface area contributed by atoms with Crippen LogP contribution in [0.4, 0.5) is 5.69 Å². The monoisotopic (exact) mass is 248 g/mol. The Balaban J connectivity index is 1.80. The number of benzene rings is 1. The van der Waals surface area contributed by atoms with Gasteiger partial charge in [0.1, 0.15) is 0 Å². The van der Waals surface area contributed by atoms with Crippen LogP contribution in [0.15, 0.2) is 60.9 Å². The van der Waals surface area contributed by atoms with E-state index in [2.05, 4.69) is 58.9 Å². The van der Waals surface area contributed by atoms with Crippen molar-refractivity contribution in [1.82, 2.24) is 4.98 Å². The van der Waals surface area contributed by atoms with Crippen molar-refractivity contribution in [3.8, 4) is 0 Å². The zero-order valence-corrected chi connectivity index (χ0v) is 10.7. The first-order chi connectivity index (χ1) is 9.43. The molecular weight excluding hydrogens is 232 g/mol. The van der Waals surface area contributed by atoms with E-state index in [1.165, 1.54) is 16.8 Å². The Bertz CT molecular complexity index is 618. The molecule has 94 valence electrons. The Kier molecular flexibility index (Phi) is 2.41. The Morgan fingerprint density at radius 1 is 1.05 bits per heavy atom. The Hall–Kier alpha value is -2.09. The lowest BCUT2D eigenvalue weighted by atomic mass is 9.77. The molecular formula is C17H16N2. The highest BCUT2D eigenvalue weighted by atomic mass is 15.0. The molecule has 1 aliphatic heterocycles. The van der Waals surface area contributed by atoms with Crippen LogP contribution in [0.3, 0.4) is 0 Å². The molecule has 1 aromatic carbocycles. The van der Waals surface area contributed by atoms with Gasteiger partial charge in [-0.2, -0.15) is 0 Å². The highest BCUT2D eigenvalue weighted by molar-refractivity contribution is 5.59. The van der Waals surface area contributed by atoms with Crippen molar-refractivity contribution in [2.45, 2.75) is 18.4 Å². The van der Waals surface area contributed by atoms with Crippen molar-refractivity contribution in [1.29, 1.82) is 0 Å². The molecule has 2 aromatic rings. The molecule has 4 rings (SSSR count). The van der Waals surface area contributed by atoms with E-state index >= 15 is 0 Å². The minimum absolute atomic E-state index is 0.387. The number of anilines is 1. The molecule has 1 aromatic heterocycles. The quantitative estimate of drug-likeness (QED) is 0.774. The Morgan fingerprint density at radius 3 is 2.79 bits per heavy atom. The van der Waals surface area contributed by atoms with E-state index in [0.29, 0.717) is 17.9 Å². The summed E-state index contributed by atoms with van der Waals surface area (Å²) in [5, 5.41) is 3.72. The van der Waals surface area contributed by atoms with Gasteiger partial charge in [0.15, 0.2) is 0 Å². The van der Waals surface area contributed by atoms with Crippen molar-refractivity contribution in [2.24, 2.45) is 5.92 Å². The molecule has 0 spiro atoms. The van der Waals surface area contributed by atoms with E-state index in [4.69, 9.17) is 0 Å². The average molecular weight is 248 g/mol. The molecule has 0 unspecified atom stereocenters. The summed E-state index contributed by atoms with van der Waals surface area (Å²) in [6.45, 7) is 0. The van der Waals surface area contributed by atoms with E-state index in [-0.39, 0.29) is 0 Å². The molecule has 0 amide bonds. The van der Waals surface area contributed by atoms with Gasteiger partial charge >= 0.3 is 0 Å². The molecule has 2 nitrogen and oxygen atoms in total. The van der Waals surface area contributed by atoms with Gasteiger partial charge in [-0.3, -0.25) is 4.98 Å². The van der Waals surface area contributed by atoms with E-state index in [1.54, 1.807) is 0 Å². The van der Waals surface area contributed by atoms with Gasteiger partial charge in [0, 0.05) is 24.0 Å². The topological polar surface area (TPSA) is 24.9 Å². The number of para-hydroxylation sites is 1. The van der Waals surface area contributed by atoms with E-state index < -0.39 is 0 Å². The largest absolute Gasteiger partial charge is 0.378 e. The molecule has 0 saturated carbocycles. The van der Waals surface area contributed by atoms with Crippen LogP contribution in [0.1, 0.15) is 29.5 Å². The third-order valence-corrected chi connectivity index (χ3v) is 4.34. The van der Waals surface area contributed by atoms with Crippen molar-refractivity contribution in [3.63, 3.8) is 0 Å². The lowest BCUT2D eigenvalue weighted by Crippen LogP contribution is -2.28. The summed E-state index contributed by atoms with van der Waals surface area (Å²) in [4.78, 5) is 4.13. The molecule has 2 aliphatic rings. The number of fused-ring (bicyclic) bond motifs is 3. The maximum absolute atomic E-state index is 4.13. The van der Waals surface area contributed by atoms with Crippen LogP contribution in [-0.4, -0.2) is 4.98 Å². The Morgan fingerprint density at radius 2 is 1.89 bits per heavy atom. The number of aromatic nitrogens is 1. The standard InChI is InChI=1S/C17H16N2/c1-2-7-16-14(4-1)13-5-3-6-15(13)17(19-16)12-8-10-18-11-9-12/h1-5,7-11,13,15,17,19H,6H2/t13-,15+,17-/m0/s1. The maximum Gasteiger partial charge on any atom is 0.0555 e. The third-order valence-electron chi connectivity index (χ3n) is 4.34. The first-order valence-corrected chi connectivity index (χ1v) is 6.85. The van der Waals surface area contributed by atoms with E-state index in [0.717, 1.165) is 6.42 Å². The van der Waals surface area contributed by atoms with Crippen molar-refractivity contribution in [3.05, 3.63) is 72.1 Å². The summed E-state index contributed by atoms with van der Waals surface area (Å²) in [7, 11) is 0. The second-order valence-electron chi connectivity index (χ2n) is 5.34. The van der Waals surface area contributed by atoms with Crippen LogP contribution in [0, 0.1) is 5.92 Å². The third kappa shape index (κ3) is 1.67. The smallest absolute Gasteiger partial charge is 0.0555 e. The summed E-state index contributed by atoms with van der Waals surface area (Å²) in [6.07, 6.45) is 9.62. The molecule has 0 fully saturated rings. The number of nitrogens with one attached hydrogen (secondary N) is 1. The molecule has 19 heavy (non-hydrogen) atoms. The van der Waals surface area contributed by atoms with Crippen LogP contribution < -0.4 is 5.32 Å². The van der Waals surface area contributed by atoms with Gasteiger partial charge in [0.25, 0.3) is 0 Å². The van der Waals surface area contributed by atoms with Gasteiger partial charge in [0.05, 0.1) is 6.04 Å². The SMILES string of the molecule is C1=C[C@H]2c3ccccc3N[C@@H](c3ccncc3)[C@@H]2C1. The minimum atomic E-state index is 0.387. The second-order valence-corrected chi connectivity index (χ2v) is 5.34. The fourth-order valence-corrected chi connectivity index (χ4v) is 3.44. The van der Waals surface area contributed by atoms with Gasteiger partial charge in [-0.25, -0.2) is 0 Å². The maximum atomic E-state index is 4.13.